The van der Waals surface area contributed by atoms with Crippen LogP contribution in [0.3, 0.4) is 0 Å². The molecule has 0 aromatic carbocycles. The average molecular weight is 302 g/mol. The smallest absolute Gasteiger partial charge is 0.312 e. The normalized spacial score (nSPS) is 31.2. The Labute approximate surface area is 85.2 Å². The van der Waals surface area contributed by atoms with Gasteiger partial charge in [0, 0.05) is 0 Å². The van der Waals surface area contributed by atoms with Crippen LogP contribution < -0.4 is 0 Å². The number of aliphatic carboxylic acids is 2. The van der Waals surface area contributed by atoms with Crippen LogP contribution in [0.2, 0.25) is 0 Å². The second-order valence-corrected chi connectivity index (χ2v) is 6.61. The van der Waals surface area contributed by atoms with Crippen LogP contribution in [-0.4, -0.2) is 25.4 Å². The van der Waals surface area contributed by atoms with Crippen molar-refractivity contribution in [3.63, 3.8) is 0 Å². The summed E-state index contributed by atoms with van der Waals surface area (Å²) < 4.78 is -0.739. The van der Waals surface area contributed by atoms with Gasteiger partial charge in [-0.1, -0.05) is 31.9 Å². The van der Waals surface area contributed by atoms with Crippen LogP contribution in [0.4, 0.5) is 0 Å². The molecule has 0 aliphatic heterocycles. The van der Waals surface area contributed by atoms with Gasteiger partial charge in [-0.05, 0) is 6.42 Å². The maximum Gasteiger partial charge on any atom is 0.312 e. The van der Waals surface area contributed by atoms with Crippen LogP contribution in [0.5, 0.6) is 0 Å². The summed E-state index contributed by atoms with van der Waals surface area (Å²) in [6.45, 7) is 0. The van der Waals surface area contributed by atoms with Crippen molar-refractivity contribution in [1.29, 1.82) is 0 Å². The summed E-state index contributed by atoms with van der Waals surface area (Å²) in [6.07, 6.45) is -0.0690. The van der Waals surface area contributed by atoms with Crippen LogP contribution in [0.25, 0.3) is 0 Å². The van der Waals surface area contributed by atoms with Crippen molar-refractivity contribution >= 4 is 43.8 Å². The molecule has 0 amide bonds. The third-order valence-corrected chi connectivity index (χ3v) is 4.04. The van der Waals surface area contributed by atoms with E-state index >= 15 is 0 Å². The Hall–Kier alpha value is -0.100. The molecule has 1 aliphatic carbocycles. The minimum Gasteiger partial charge on any atom is -0.481 e. The molecule has 1 saturated carbocycles. The van der Waals surface area contributed by atoms with Gasteiger partial charge in [-0.15, -0.1) is 0 Å². The van der Waals surface area contributed by atoms with Crippen molar-refractivity contribution in [3.05, 3.63) is 0 Å². The predicted molar refractivity (Wildman–Crippen MR) is 47.5 cm³/mol. The summed E-state index contributed by atoms with van der Waals surface area (Å²) in [7, 11) is 0. The maximum absolute atomic E-state index is 10.7. The van der Waals surface area contributed by atoms with E-state index in [1.54, 1.807) is 0 Å². The van der Waals surface area contributed by atoms with Crippen molar-refractivity contribution in [2.24, 2.45) is 5.41 Å². The summed E-state index contributed by atoms with van der Waals surface area (Å²) >= 11 is 6.22. The molecule has 12 heavy (non-hydrogen) atoms. The molecular weight excluding hydrogens is 296 g/mol. The molecule has 0 heterocycles. The van der Waals surface area contributed by atoms with Crippen molar-refractivity contribution in [2.75, 3.05) is 0 Å². The zero-order chi connectivity index (χ0) is 9.57. The summed E-state index contributed by atoms with van der Waals surface area (Å²) in [5, 5.41) is 17.2. The van der Waals surface area contributed by atoms with Crippen molar-refractivity contribution in [1.82, 2.24) is 0 Å². The van der Waals surface area contributed by atoms with Crippen LogP contribution in [-0.2, 0) is 9.59 Å². The Bertz CT molecular complexity index is 250. The van der Waals surface area contributed by atoms with E-state index in [9.17, 15) is 9.59 Å². The number of rotatable bonds is 3. The lowest BCUT2D eigenvalue weighted by molar-refractivity contribution is -0.149. The SMILES string of the molecule is O=C(O)CC1(C(=O)O)CC1(Br)Br. The summed E-state index contributed by atoms with van der Waals surface area (Å²) in [5.41, 5.74) is -1.18. The van der Waals surface area contributed by atoms with E-state index in [1.165, 1.54) is 0 Å². The quantitative estimate of drug-likeness (QED) is 0.773. The number of hydrogen-bond acceptors (Lipinski definition) is 2. The van der Waals surface area contributed by atoms with E-state index in [0.717, 1.165) is 0 Å². The fourth-order valence-corrected chi connectivity index (χ4v) is 2.67. The van der Waals surface area contributed by atoms with Gasteiger partial charge >= 0.3 is 11.9 Å². The van der Waals surface area contributed by atoms with Gasteiger partial charge in [0.15, 0.2) is 0 Å². The molecule has 1 aliphatic rings. The molecule has 0 spiro atoms. The summed E-state index contributed by atoms with van der Waals surface area (Å²) in [5.74, 6) is -2.18. The first-order valence-electron chi connectivity index (χ1n) is 3.15. The Morgan fingerprint density at radius 1 is 1.33 bits per heavy atom. The van der Waals surface area contributed by atoms with E-state index in [-0.39, 0.29) is 6.42 Å². The van der Waals surface area contributed by atoms with Crippen LogP contribution in [0.1, 0.15) is 12.8 Å². The van der Waals surface area contributed by atoms with E-state index < -0.39 is 20.6 Å². The van der Waals surface area contributed by atoms with E-state index in [0.29, 0.717) is 6.42 Å². The van der Waals surface area contributed by atoms with Gasteiger partial charge in [0.1, 0.15) is 5.41 Å². The minimum absolute atomic E-state index is 0.293. The highest BCUT2D eigenvalue weighted by atomic mass is 79.9. The lowest BCUT2D eigenvalue weighted by Gasteiger charge is -2.09. The Morgan fingerprint density at radius 3 is 1.83 bits per heavy atom. The molecule has 0 radical (unpaired) electrons. The van der Waals surface area contributed by atoms with E-state index in [4.69, 9.17) is 10.2 Å². The number of alkyl halides is 2. The summed E-state index contributed by atoms with van der Waals surface area (Å²) in [6, 6.07) is 0. The van der Waals surface area contributed by atoms with Gasteiger partial charge in [0.2, 0.25) is 0 Å². The van der Waals surface area contributed by atoms with Crippen LogP contribution >= 0.6 is 31.9 Å². The van der Waals surface area contributed by atoms with Crippen LogP contribution in [0.15, 0.2) is 0 Å². The molecule has 0 aromatic rings. The fraction of sp³-hybridized carbons (Fsp3) is 0.667. The van der Waals surface area contributed by atoms with Gasteiger partial charge in [-0.2, -0.15) is 0 Å². The highest BCUT2D eigenvalue weighted by molar-refractivity contribution is 9.25. The maximum atomic E-state index is 10.7. The highest BCUT2D eigenvalue weighted by Crippen LogP contribution is 2.68. The summed E-state index contributed by atoms with van der Waals surface area (Å²) in [4.78, 5) is 21.1. The average Bonchev–Trinajstić information content (AvgIpc) is 2.33. The zero-order valence-electron chi connectivity index (χ0n) is 5.88. The predicted octanol–water partition coefficient (Wildman–Crippen LogP) is 1.42. The largest absolute Gasteiger partial charge is 0.481 e. The number of halogens is 2. The highest BCUT2D eigenvalue weighted by Gasteiger charge is 2.71. The Balaban J connectivity index is 2.80. The van der Waals surface area contributed by atoms with Gasteiger partial charge in [0.25, 0.3) is 0 Å². The lowest BCUT2D eigenvalue weighted by atomic mass is 10.0. The lowest BCUT2D eigenvalue weighted by Crippen LogP contribution is -2.24. The van der Waals surface area contributed by atoms with Crippen molar-refractivity contribution in [2.45, 2.75) is 16.1 Å². The van der Waals surface area contributed by atoms with E-state index in [2.05, 4.69) is 31.9 Å². The molecule has 6 heteroatoms. The van der Waals surface area contributed by atoms with Gasteiger partial charge in [-0.25, -0.2) is 0 Å². The topological polar surface area (TPSA) is 74.6 Å². The number of carbonyl (C=O) groups is 2. The molecule has 1 unspecified atom stereocenters. The van der Waals surface area contributed by atoms with Crippen molar-refractivity contribution in [3.8, 4) is 0 Å². The Morgan fingerprint density at radius 2 is 1.75 bits per heavy atom. The Kier molecular flexibility index (Phi) is 2.24. The van der Waals surface area contributed by atoms with Crippen LogP contribution in [0, 0.1) is 5.41 Å². The first kappa shape index (κ1) is 9.98. The zero-order valence-corrected chi connectivity index (χ0v) is 9.05. The number of hydrogen-bond donors (Lipinski definition) is 2. The minimum atomic E-state index is -1.18. The molecule has 4 nitrogen and oxygen atoms in total. The molecule has 1 atom stereocenters. The second kappa shape index (κ2) is 2.70. The first-order chi connectivity index (χ1) is 5.32. The third kappa shape index (κ3) is 1.37. The molecular formula is C6H6Br2O4. The van der Waals surface area contributed by atoms with Gasteiger partial charge < -0.3 is 10.2 Å². The fourth-order valence-electron chi connectivity index (χ4n) is 1.09. The molecule has 1 rings (SSSR count). The first-order valence-corrected chi connectivity index (χ1v) is 4.73. The molecule has 0 saturated heterocycles. The van der Waals surface area contributed by atoms with E-state index in [1.807, 2.05) is 0 Å². The molecule has 0 aromatic heterocycles. The van der Waals surface area contributed by atoms with Gasteiger partial charge in [0.05, 0.1) is 9.65 Å². The molecule has 0 bridgehead atoms. The molecule has 68 valence electrons. The molecule has 2 N–H and O–H groups in total. The monoisotopic (exact) mass is 300 g/mol. The van der Waals surface area contributed by atoms with Gasteiger partial charge in [-0.3, -0.25) is 9.59 Å². The third-order valence-electron chi connectivity index (χ3n) is 1.96. The standard InChI is InChI=1S/C6H6Br2O4/c7-6(8)2-5(6,4(11)12)1-3(9)10/h1-2H2,(H,9,10)(H,11,12). The van der Waals surface area contributed by atoms with Crippen molar-refractivity contribution < 1.29 is 19.8 Å². The number of carboxylic acid groups (broad SMARTS) is 2. The second-order valence-electron chi connectivity index (χ2n) is 2.84. The number of carboxylic acids is 2. The molecule has 1 fully saturated rings.